The number of hydrogen-bond acceptors (Lipinski definition) is 6. The molecule has 32 heavy (non-hydrogen) atoms. The zero-order valence-electron chi connectivity index (χ0n) is 18.8. The number of hydrogen-bond donors (Lipinski definition) is 0. The molecule has 0 aromatic heterocycles. The van der Waals surface area contributed by atoms with Crippen LogP contribution in [0.1, 0.15) is 0 Å². The Bertz CT molecular complexity index is 1070. The number of rotatable bonds is 5. The predicted octanol–water partition coefficient (Wildman–Crippen LogP) is 4.20. The Labute approximate surface area is 189 Å². The van der Waals surface area contributed by atoms with E-state index in [0.29, 0.717) is 0 Å². The number of ether oxygens (including phenoxy) is 4. The van der Waals surface area contributed by atoms with Crippen LogP contribution in [-0.2, 0) is 9.47 Å². The van der Waals surface area contributed by atoms with Crippen LogP contribution in [0.2, 0.25) is 0 Å². The molecule has 0 atom stereocenters. The second kappa shape index (κ2) is 9.27. The third kappa shape index (κ3) is 3.96. The van der Waals surface area contributed by atoms with Crippen molar-refractivity contribution in [3.63, 3.8) is 0 Å². The summed E-state index contributed by atoms with van der Waals surface area (Å²) in [5.74, 6) is 1.72. The third-order valence-electron chi connectivity index (χ3n) is 6.38. The van der Waals surface area contributed by atoms with Crippen LogP contribution in [-0.4, -0.2) is 66.8 Å². The number of fused-ring (bicyclic) bond motifs is 1. The van der Waals surface area contributed by atoms with E-state index in [1.165, 1.54) is 33.3 Å². The Morgan fingerprint density at radius 3 is 1.78 bits per heavy atom. The Morgan fingerprint density at radius 1 is 0.625 bits per heavy atom. The van der Waals surface area contributed by atoms with Crippen LogP contribution in [0, 0.1) is 0 Å². The average molecular weight is 435 g/mol. The molecular weight excluding hydrogens is 404 g/mol. The lowest BCUT2D eigenvalue weighted by molar-refractivity contribution is 0.122. The monoisotopic (exact) mass is 434 g/mol. The number of morpholine rings is 2. The number of benzene rings is 3. The van der Waals surface area contributed by atoms with Crippen LogP contribution >= 0.6 is 0 Å². The highest BCUT2D eigenvalue weighted by Gasteiger charge is 2.23. The maximum atomic E-state index is 5.66. The molecule has 0 saturated carbocycles. The lowest BCUT2D eigenvalue weighted by Gasteiger charge is -2.35. The van der Waals surface area contributed by atoms with Crippen molar-refractivity contribution in [3.8, 4) is 22.6 Å². The van der Waals surface area contributed by atoms with Crippen molar-refractivity contribution < 1.29 is 18.9 Å². The van der Waals surface area contributed by atoms with Crippen molar-refractivity contribution in [2.24, 2.45) is 0 Å². The van der Waals surface area contributed by atoms with Crippen molar-refractivity contribution in [1.82, 2.24) is 0 Å². The van der Waals surface area contributed by atoms with Gasteiger partial charge in [-0.3, -0.25) is 0 Å². The minimum absolute atomic E-state index is 0.741. The molecule has 3 aromatic rings. The highest BCUT2D eigenvalue weighted by atomic mass is 16.5. The molecule has 6 heteroatoms. The van der Waals surface area contributed by atoms with Gasteiger partial charge in [0, 0.05) is 48.5 Å². The molecule has 0 aliphatic carbocycles. The van der Waals surface area contributed by atoms with Gasteiger partial charge < -0.3 is 28.7 Å². The van der Waals surface area contributed by atoms with Crippen molar-refractivity contribution >= 4 is 22.1 Å². The first kappa shape index (κ1) is 20.9. The number of nitrogens with zero attached hydrogens (tertiary/aromatic N) is 2. The van der Waals surface area contributed by atoms with Gasteiger partial charge >= 0.3 is 0 Å². The molecule has 0 unspecified atom stereocenters. The molecule has 2 fully saturated rings. The zero-order chi connectivity index (χ0) is 21.9. The van der Waals surface area contributed by atoms with Gasteiger partial charge in [0.05, 0.1) is 40.6 Å². The molecule has 3 aromatic carbocycles. The molecule has 0 amide bonds. The fourth-order valence-electron chi connectivity index (χ4n) is 4.68. The topological polar surface area (TPSA) is 43.4 Å². The van der Waals surface area contributed by atoms with E-state index in [-0.39, 0.29) is 0 Å². The minimum Gasteiger partial charge on any atom is -0.497 e. The molecule has 168 valence electrons. The van der Waals surface area contributed by atoms with E-state index in [0.717, 1.165) is 64.1 Å². The van der Waals surface area contributed by atoms with Gasteiger partial charge in [-0.15, -0.1) is 0 Å². The third-order valence-corrected chi connectivity index (χ3v) is 6.38. The summed E-state index contributed by atoms with van der Waals surface area (Å²) < 4.78 is 22.3. The maximum absolute atomic E-state index is 5.66. The average Bonchev–Trinajstić information content (AvgIpc) is 2.88. The summed E-state index contributed by atoms with van der Waals surface area (Å²) >= 11 is 0. The van der Waals surface area contributed by atoms with E-state index < -0.39 is 0 Å². The fraction of sp³-hybridized carbons (Fsp3) is 0.385. The first-order valence-corrected chi connectivity index (χ1v) is 11.2. The van der Waals surface area contributed by atoms with Gasteiger partial charge in [0.2, 0.25) is 0 Å². The summed E-state index contributed by atoms with van der Waals surface area (Å²) in [5.41, 5.74) is 4.88. The first-order chi connectivity index (χ1) is 15.8. The Balaban J connectivity index is 1.77. The van der Waals surface area contributed by atoms with Crippen molar-refractivity contribution in [3.05, 3.63) is 48.5 Å². The zero-order valence-corrected chi connectivity index (χ0v) is 18.8. The van der Waals surface area contributed by atoms with Gasteiger partial charge in [-0.05, 0) is 47.3 Å². The van der Waals surface area contributed by atoms with E-state index in [4.69, 9.17) is 18.9 Å². The SMILES string of the molecule is COc1ccc(-c2c(N3CCOCC3)cc(N3CCOCC3)c3ccc(OC)cc23)cc1. The summed E-state index contributed by atoms with van der Waals surface area (Å²) in [6.45, 7) is 6.53. The Morgan fingerprint density at radius 2 is 1.19 bits per heavy atom. The van der Waals surface area contributed by atoms with Crippen LogP contribution in [0.5, 0.6) is 11.5 Å². The lowest BCUT2D eigenvalue weighted by Crippen LogP contribution is -2.38. The molecule has 0 spiro atoms. The molecule has 2 saturated heterocycles. The maximum Gasteiger partial charge on any atom is 0.119 e. The standard InChI is InChI=1S/C26H30N2O4/c1-29-20-5-3-19(4-6-20)26-23-17-21(30-2)7-8-22(23)24(27-9-13-31-14-10-27)18-25(26)28-11-15-32-16-12-28/h3-8,17-18H,9-16H2,1-2H3. The van der Waals surface area contributed by atoms with Crippen LogP contribution in [0.25, 0.3) is 21.9 Å². The smallest absolute Gasteiger partial charge is 0.119 e. The first-order valence-electron chi connectivity index (χ1n) is 11.2. The quantitative estimate of drug-likeness (QED) is 0.600. The number of methoxy groups -OCH3 is 2. The van der Waals surface area contributed by atoms with Gasteiger partial charge in [-0.1, -0.05) is 12.1 Å². The van der Waals surface area contributed by atoms with Crippen molar-refractivity contribution in [1.29, 1.82) is 0 Å². The fourth-order valence-corrected chi connectivity index (χ4v) is 4.68. The highest BCUT2D eigenvalue weighted by Crippen LogP contribution is 2.44. The molecule has 0 N–H and O–H groups in total. The second-order valence-electron chi connectivity index (χ2n) is 8.13. The van der Waals surface area contributed by atoms with E-state index in [2.05, 4.69) is 46.2 Å². The summed E-state index contributed by atoms with van der Waals surface area (Å²) in [7, 11) is 3.43. The highest BCUT2D eigenvalue weighted by molar-refractivity contribution is 6.09. The van der Waals surface area contributed by atoms with Gasteiger partial charge in [0.15, 0.2) is 0 Å². The largest absolute Gasteiger partial charge is 0.497 e. The summed E-state index contributed by atoms with van der Waals surface area (Å²) in [5, 5.41) is 2.43. The minimum atomic E-state index is 0.741. The van der Waals surface area contributed by atoms with Crippen LogP contribution < -0.4 is 19.3 Å². The molecule has 2 heterocycles. The van der Waals surface area contributed by atoms with Crippen LogP contribution in [0.4, 0.5) is 11.4 Å². The van der Waals surface area contributed by atoms with E-state index in [9.17, 15) is 0 Å². The summed E-state index contributed by atoms with van der Waals surface area (Å²) in [6, 6.07) is 17.1. The van der Waals surface area contributed by atoms with Crippen LogP contribution in [0.15, 0.2) is 48.5 Å². The van der Waals surface area contributed by atoms with Gasteiger partial charge in [0.1, 0.15) is 11.5 Å². The molecule has 0 radical (unpaired) electrons. The predicted molar refractivity (Wildman–Crippen MR) is 129 cm³/mol. The molecular formula is C26H30N2O4. The molecule has 2 aliphatic rings. The second-order valence-corrected chi connectivity index (χ2v) is 8.13. The van der Waals surface area contributed by atoms with E-state index in [1.807, 2.05) is 12.1 Å². The lowest BCUT2D eigenvalue weighted by atomic mass is 9.93. The molecule has 6 nitrogen and oxygen atoms in total. The van der Waals surface area contributed by atoms with Gasteiger partial charge in [-0.25, -0.2) is 0 Å². The Hall–Kier alpha value is -2.96. The molecule has 5 rings (SSSR count). The number of anilines is 2. The van der Waals surface area contributed by atoms with E-state index >= 15 is 0 Å². The normalized spacial score (nSPS) is 16.9. The summed E-state index contributed by atoms with van der Waals surface area (Å²) in [6.07, 6.45) is 0. The summed E-state index contributed by atoms with van der Waals surface area (Å²) in [4.78, 5) is 4.89. The van der Waals surface area contributed by atoms with Gasteiger partial charge in [-0.2, -0.15) is 0 Å². The van der Waals surface area contributed by atoms with Crippen molar-refractivity contribution in [2.45, 2.75) is 0 Å². The molecule has 2 aliphatic heterocycles. The van der Waals surface area contributed by atoms with Crippen molar-refractivity contribution in [2.75, 3.05) is 76.6 Å². The Kier molecular flexibility index (Phi) is 6.06. The molecule has 0 bridgehead atoms. The van der Waals surface area contributed by atoms with Gasteiger partial charge in [0.25, 0.3) is 0 Å². The van der Waals surface area contributed by atoms with E-state index in [1.54, 1.807) is 14.2 Å². The van der Waals surface area contributed by atoms with Crippen LogP contribution in [0.3, 0.4) is 0 Å².